The van der Waals surface area contributed by atoms with Crippen LogP contribution >= 0.6 is 0 Å². The molecule has 2 unspecified atom stereocenters. The van der Waals surface area contributed by atoms with Crippen LogP contribution < -0.4 is 0 Å². The van der Waals surface area contributed by atoms with Gasteiger partial charge in [0.05, 0.1) is 17.7 Å². The average Bonchev–Trinajstić information content (AvgIpc) is 3.22. The highest BCUT2D eigenvalue weighted by atomic mass is 16.4. The first-order valence-corrected chi connectivity index (χ1v) is 7.69. The van der Waals surface area contributed by atoms with Crippen molar-refractivity contribution in [3.05, 3.63) is 53.9 Å². The highest BCUT2D eigenvalue weighted by molar-refractivity contribution is 5.94. The number of carbonyl (C=O) groups is 2. The molecule has 0 bridgehead atoms. The maximum atomic E-state index is 12.6. The van der Waals surface area contributed by atoms with E-state index in [0.717, 1.165) is 5.56 Å². The zero-order valence-corrected chi connectivity index (χ0v) is 12.9. The summed E-state index contributed by atoms with van der Waals surface area (Å²) in [4.78, 5) is 25.8. The van der Waals surface area contributed by atoms with Gasteiger partial charge in [0.2, 0.25) is 0 Å². The lowest BCUT2D eigenvalue weighted by atomic mass is 9.89. The van der Waals surface area contributed by atoms with E-state index in [1.54, 1.807) is 15.8 Å². The van der Waals surface area contributed by atoms with Crippen LogP contribution in [0.1, 0.15) is 28.8 Å². The first-order valence-electron chi connectivity index (χ1n) is 7.69. The summed E-state index contributed by atoms with van der Waals surface area (Å²) in [5.74, 6) is -1.78. The highest BCUT2D eigenvalue weighted by Crippen LogP contribution is 2.33. The Labute approximate surface area is 134 Å². The van der Waals surface area contributed by atoms with Crippen LogP contribution in [0.15, 0.2) is 42.7 Å². The van der Waals surface area contributed by atoms with Gasteiger partial charge >= 0.3 is 5.97 Å². The molecule has 23 heavy (non-hydrogen) atoms. The molecule has 1 saturated heterocycles. The van der Waals surface area contributed by atoms with Crippen LogP contribution in [-0.4, -0.2) is 44.8 Å². The second-order valence-electron chi connectivity index (χ2n) is 5.76. The van der Waals surface area contributed by atoms with E-state index in [2.05, 4.69) is 5.10 Å². The Morgan fingerprint density at radius 1 is 1.26 bits per heavy atom. The SMILES string of the molecule is CCn1cc(C(=O)N2CC(C(=O)O)C(c3ccccc3)C2)cn1. The van der Waals surface area contributed by atoms with E-state index in [-0.39, 0.29) is 18.4 Å². The molecule has 0 aliphatic carbocycles. The predicted molar refractivity (Wildman–Crippen MR) is 84.1 cm³/mol. The Morgan fingerprint density at radius 3 is 2.61 bits per heavy atom. The van der Waals surface area contributed by atoms with Gasteiger partial charge in [-0.25, -0.2) is 0 Å². The van der Waals surface area contributed by atoms with E-state index in [1.165, 1.54) is 6.20 Å². The van der Waals surface area contributed by atoms with Crippen molar-refractivity contribution < 1.29 is 14.7 Å². The van der Waals surface area contributed by atoms with Crippen LogP contribution in [0, 0.1) is 5.92 Å². The van der Waals surface area contributed by atoms with Crippen molar-refractivity contribution in [1.82, 2.24) is 14.7 Å². The quantitative estimate of drug-likeness (QED) is 0.934. The molecule has 2 heterocycles. The van der Waals surface area contributed by atoms with Crippen molar-refractivity contribution >= 4 is 11.9 Å². The van der Waals surface area contributed by atoms with Gasteiger partial charge in [0.25, 0.3) is 5.91 Å². The molecule has 0 radical (unpaired) electrons. The number of aromatic nitrogens is 2. The van der Waals surface area contributed by atoms with Crippen molar-refractivity contribution in [2.24, 2.45) is 5.92 Å². The Kier molecular flexibility index (Phi) is 4.14. The lowest BCUT2D eigenvalue weighted by molar-refractivity contribution is -0.141. The number of amides is 1. The summed E-state index contributed by atoms with van der Waals surface area (Å²) in [5, 5.41) is 13.6. The maximum Gasteiger partial charge on any atom is 0.308 e. The molecule has 1 aromatic heterocycles. The van der Waals surface area contributed by atoms with Crippen molar-refractivity contribution in [2.75, 3.05) is 13.1 Å². The normalized spacial score (nSPS) is 20.7. The molecule has 1 N–H and O–H groups in total. The van der Waals surface area contributed by atoms with Gasteiger partial charge in [0, 0.05) is 31.7 Å². The van der Waals surface area contributed by atoms with E-state index >= 15 is 0 Å². The molecule has 120 valence electrons. The molecule has 1 amide bonds. The molecule has 0 spiro atoms. The third kappa shape index (κ3) is 2.97. The van der Waals surface area contributed by atoms with E-state index in [0.29, 0.717) is 18.7 Å². The summed E-state index contributed by atoms with van der Waals surface area (Å²) in [6.45, 7) is 3.28. The molecular weight excluding hydrogens is 294 g/mol. The van der Waals surface area contributed by atoms with E-state index in [9.17, 15) is 14.7 Å². The lowest BCUT2D eigenvalue weighted by Crippen LogP contribution is -2.29. The van der Waals surface area contributed by atoms with Gasteiger partial charge in [-0.15, -0.1) is 0 Å². The second-order valence-corrected chi connectivity index (χ2v) is 5.76. The summed E-state index contributed by atoms with van der Waals surface area (Å²) in [6.07, 6.45) is 3.24. The average molecular weight is 313 g/mol. The van der Waals surface area contributed by atoms with Crippen LogP contribution in [-0.2, 0) is 11.3 Å². The van der Waals surface area contributed by atoms with Gasteiger partial charge in [-0.05, 0) is 12.5 Å². The third-order valence-electron chi connectivity index (χ3n) is 4.36. The first-order chi connectivity index (χ1) is 11.1. The fraction of sp³-hybridized carbons (Fsp3) is 0.353. The van der Waals surface area contributed by atoms with Gasteiger partial charge in [-0.1, -0.05) is 30.3 Å². The maximum absolute atomic E-state index is 12.6. The van der Waals surface area contributed by atoms with Gasteiger partial charge in [-0.2, -0.15) is 5.10 Å². The van der Waals surface area contributed by atoms with Gasteiger partial charge in [-0.3, -0.25) is 14.3 Å². The van der Waals surface area contributed by atoms with Crippen molar-refractivity contribution in [2.45, 2.75) is 19.4 Å². The number of carbonyl (C=O) groups excluding carboxylic acids is 1. The number of hydrogen-bond acceptors (Lipinski definition) is 3. The number of carboxylic acids is 1. The van der Waals surface area contributed by atoms with Gasteiger partial charge in [0.1, 0.15) is 0 Å². The molecule has 1 aliphatic heterocycles. The van der Waals surface area contributed by atoms with Crippen molar-refractivity contribution in [3.8, 4) is 0 Å². The molecule has 0 saturated carbocycles. The number of carboxylic acid groups (broad SMARTS) is 1. The molecule has 1 aromatic carbocycles. The number of aliphatic carboxylic acids is 1. The summed E-state index contributed by atoms with van der Waals surface area (Å²) in [7, 11) is 0. The topological polar surface area (TPSA) is 75.4 Å². The number of hydrogen-bond donors (Lipinski definition) is 1. The predicted octanol–water partition coefficient (Wildman–Crippen LogP) is 1.84. The number of aryl methyl sites for hydroxylation is 1. The van der Waals surface area contributed by atoms with E-state index < -0.39 is 11.9 Å². The molecule has 6 heteroatoms. The standard InChI is InChI=1S/C17H19N3O3/c1-2-20-9-13(8-18-20)16(21)19-10-14(15(11-19)17(22)23)12-6-4-3-5-7-12/h3-9,14-15H,2,10-11H2,1H3,(H,22,23). The molecule has 6 nitrogen and oxygen atoms in total. The minimum atomic E-state index is -0.863. The number of benzene rings is 1. The first kappa shape index (κ1) is 15.3. The minimum absolute atomic E-state index is 0.158. The van der Waals surface area contributed by atoms with Crippen molar-refractivity contribution in [1.29, 1.82) is 0 Å². The van der Waals surface area contributed by atoms with Crippen LogP contribution in [0.25, 0.3) is 0 Å². The Hall–Kier alpha value is -2.63. The minimum Gasteiger partial charge on any atom is -0.481 e. The molecule has 2 atom stereocenters. The second kappa shape index (κ2) is 6.24. The van der Waals surface area contributed by atoms with Crippen molar-refractivity contribution in [3.63, 3.8) is 0 Å². The van der Waals surface area contributed by atoms with Crippen LogP contribution in [0.3, 0.4) is 0 Å². The van der Waals surface area contributed by atoms with E-state index in [1.807, 2.05) is 37.3 Å². The molecule has 1 fully saturated rings. The smallest absolute Gasteiger partial charge is 0.308 e. The van der Waals surface area contributed by atoms with Gasteiger partial charge in [0.15, 0.2) is 0 Å². The Bertz CT molecular complexity index is 711. The summed E-state index contributed by atoms with van der Waals surface area (Å²) >= 11 is 0. The Morgan fingerprint density at radius 2 is 2.00 bits per heavy atom. The van der Waals surface area contributed by atoms with Crippen LogP contribution in [0.4, 0.5) is 0 Å². The molecule has 1 aliphatic rings. The fourth-order valence-electron chi connectivity index (χ4n) is 3.09. The molecule has 2 aromatic rings. The molecule has 3 rings (SSSR count). The highest BCUT2D eigenvalue weighted by Gasteiger charge is 2.40. The van der Waals surface area contributed by atoms with Crippen LogP contribution in [0.5, 0.6) is 0 Å². The monoisotopic (exact) mass is 313 g/mol. The molecular formula is C17H19N3O3. The zero-order chi connectivity index (χ0) is 16.4. The fourth-order valence-corrected chi connectivity index (χ4v) is 3.09. The summed E-state index contributed by atoms with van der Waals surface area (Å²) in [6, 6.07) is 9.53. The lowest BCUT2D eigenvalue weighted by Gasteiger charge is -2.15. The Balaban J connectivity index is 1.82. The number of rotatable bonds is 4. The number of nitrogens with zero attached hydrogens (tertiary/aromatic N) is 3. The van der Waals surface area contributed by atoms with Gasteiger partial charge < -0.3 is 10.0 Å². The third-order valence-corrected chi connectivity index (χ3v) is 4.36. The number of likely N-dealkylation sites (tertiary alicyclic amines) is 1. The zero-order valence-electron chi connectivity index (χ0n) is 12.9. The van der Waals surface area contributed by atoms with Crippen LogP contribution in [0.2, 0.25) is 0 Å². The van der Waals surface area contributed by atoms with E-state index in [4.69, 9.17) is 0 Å². The summed E-state index contributed by atoms with van der Waals surface area (Å²) in [5.41, 5.74) is 1.46. The largest absolute Gasteiger partial charge is 0.481 e. The summed E-state index contributed by atoms with van der Waals surface area (Å²) < 4.78 is 1.69.